The first-order valence-electron chi connectivity index (χ1n) is 8.52. The lowest BCUT2D eigenvalue weighted by atomic mass is 9.91. The SMILES string of the molecule is CC1(N)CCN(c2cc(=O)nc3n2C(c2cccc(Cl)c2F)=NC3)CC1. The third-order valence-corrected chi connectivity index (χ3v) is 5.28. The van der Waals surface area contributed by atoms with E-state index in [2.05, 4.69) is 14.9 Å². The van der Waals surface area contributed by atoms with Crippen molar-refractivity contribution in [2.75, 3.05) is 18.0 Å². The second-order valence-corrected chi connectivity index (χ2v) is 7.49. The maximum atomic E-state index is 14.6. The number of aliphatic imine (C=N–C) groups is 1. The summed E-state index contributed by atoms with van der Waals surface area (Å²) in [4.78, 5) is 22.6. The fraction of sp³-hybridized carbons (Fsp3) is 0.389. The molecule has 26 heavy (non-hydrogen) atoms. The fourth-order valence-electron chi connectivity index (χ4n) is 3.43. The van der Waals surface area contributed by atoms with Crippen molar-refractivity contribution in [3.63, 3.8) is 0 Å². The smallest absolute Gasteiger partial charge is 0.275 e. The summed E-state index contributed by atoms with van der Waals surface area (Å²) in [6.07, 6.45) is 1.60. The van der Waals surface area contributed by atoms with Crippen LogP contribution in [0.25, 0.3) is 0 Å². The molecule has 0 radical (unpaired) electrons. The molecule has 2 N–H and O–H groups in total. The molecule has 1 aromatic heterocycles. The van der Waals surface area contributed by atoms with Gasteiger partial charge in [-0.3, -0.25) is 14.4 Å². The van der Waals surface area contributed by atoms with Crippen LogP contribution in [0.3, 0.4) is 0 Å². The van der Waals surface area contributed by atoms with E-state index in [0.717, 1.165) is 12.8 Å². The topological polar surface area (TPSA) is 76.5 Å². The van der Waals surface area contributed by atoms with E-state index in [9.17, 15) is 9.18 Å². The average Bonchev–Trinajstić information content (AvgIpc) is 3.00. The Hall–Kier alpha value is -2.25. The predicted octanol–water partition coefficient (Wildman–Crippen LogP) is 2.16. The molecule has 0 amide bonds. The number of hydrogen-bond donors (Lipinski definition) is 1. The van der Waals surface area contributed by atoms with Crippen molar-refractivity contribution in [1.82, 2.24) is 9.55 Å². The second-order valence-electron chi connectivity index (χ2n) is 7.09. The maximum absolute atomic E-state index is 14.6. The highest BCUT2D eigenvalue weighted by molar-refractivity contribution is 6.31. The van der Waals surface area contributed by atoms with E-state index >= 15 is 0 Å². The largest absolute Gasteiger partial charge is 0.357 e. The third kappa shape index (κ3) is 2.91. The first kappa shape index (κ1) is 17.2. The van der Waals surface area contributed by atoms with Crippen molar-refractivity contribution >= 4 is 23.3 Å². The molecule has 0 unspecified atom stereocenters. The quantitative estimate of drug-likeness (QED) is 0.872. The highest BCUT2D eigenvalue weighted by atomic mass is 35.5. The van der Waals surface area contributed by atoms with Crippen LogP contribution in [0.5, 0.6) is 0 Å². The molecule has 3 heterocycles. The molecule has 1 fully saturated rings. The standard InChI is InChI=1S/C18H19ClFN5O/c1-18(21)5-7-24(8-6-18)15-9-14(26)23-13-10-22-17(25(13)15)11-3-2-4-12(19)16(11)20/h2-4,9H,5-8,10,21H2,1H3. The first-order valence-corrected chi connectivity index (χ1v) is 8.89. The molecular weight excluding hydrogens is 357 g/mol. The molecular formula is C18H19ClFN5O. The number of piperidine rings is 1. The summed E-state index contributed by atoms with van der Waals surface area (Å²) in [6.45, 7) is 3.68. The van der Waals surface area contributed by atoms with E-state index in [4.69, 9.17) is 17.3 Å². The van der Waals surface area contributed by atoms with E-state index in [1.807, 2.05) is 6.92 Å². The van der Waals surface area contributed by atoms with Gasteiger partial charge in [0.15, 0.2) is 5.82 Å². The summed E-state index contributed by atoms with van der Waals surface area (Å²) in [6, 6.07) is 6.28. The molecule has 0 spiro atoms. The normalized spacial score (nSPS) is 18.6. The highest BCUT2D eigenvalue weighted by Gasteiger charge is 2.30. The molecule has 4 rings (SSSR count). The average molecular weight is 376 g/mol. The van der Waals surface area contributed by atoms with Crippen LogP contribution in [0.1, 0.15) is 31.2 Å². The van der Waals surface area contributed by atoms with Crippen molar-refractivity contribution in [2.24, 2.45) is 10.7 Å². The summed E-state index contributed by atoms with van der Waals surface area (Å²) in [5.41, 5.74) is 5.98. The van der Waals surface area contributed by atoms with Gasteiger partial charge in [-0.1, -0.05) is 17.7 Å². The van der Waals surface area contributed by atoms with Crippen molar-refractivity contribution in [3.05, 3.63) is 56.8 Å². The van der Waals surface area contributed by atoms with Crippen molar-refractivity contribution in [2.45, 2.75) is 31.8 Å². The Balaban J connectivity index is 1.81. The van der Waals surface area contributed by atoms with Crippen LogP contribution in [0, 0.1) is 5.82 Å². The van der Waals surface area contributed by atoms with Gasteiger partial charge in [-0.2, -0.15) is 4.98 Å². The zero-order valence-electron chi connectivity index (χ0n) is 14.4. The molecule has 0 bridgehead atoms. The minimum atomic E-state index is -0.529. The Bertz CT molecular complexity index is 959. The van der Waals surface area contributed by atoms with Gasteiger partial charge < -0.3 is 10.6 Å². The van der Waals surface area contributed by atoms with E-state index in [-0.39, 0.29) is 22.7 Å². The lowest BCUT2D eigenvalue weighted by Gasteiger charge is -2.38. The number of aromatic nitrogens is 2. The van der Waals surface area contributed by atoms with Crippen molar-refractivity contribution < 1.29 is 4.39 Å². The van der Waals surface area contributed by atoms with Gasteiger partial charge in [0, 0.05) is 24.7 Å². The lowest BCUT2D eigenvalue weighted by Crippen LogP contribution is -2.49. The molecule has 2 aromatic rings. The van der Waals surface area contributed by atoms with Crippen LogP contribution in [-0.2, 0) is 6.54 Å². The van der Waals surface area contributed by atoms with E-state index in [1.54, 1.807) is 16.7 Å². The molecule has 1 saturated heterocycles. The van der Waals surface area contributed by atoms with Crippen LogP contribution < -0.4 is 16.2 Å². The van der Waals surface area contributed by atoms with Crippen LogP contribution in [0.4, 0.5) is 10.2 Å². The van der Waals surface area contributed by atoms with Crippen LogP contribution >= 0.6 is 11.6 Å². The number of hydrogen-bond acceptors (Lipinski definition) is 5. The Morgan fingerprint density at radius 3 is 2.77 bits per heavy atom. The van der Waals surface area contributed by atoms with Gasteiger partial charge in [0.2, 0.25) is 0 Å². The Kier molecular flexibility index (Phi) is 4.08. The Morgan fingerprint density at radius 2 is 2.04 bits per heavy atom. The number of nitrogens with zero attached hydrogens (tertiary/aromatic N) is 4. The number of rotatable bonds is 2. The van der Waals surface area contributed by atoms with Gasteiger partial charge in [0.05, 0.1) is 10.6 Å². The summed E-state index contributed by atoms with van der Waals surface area (Å²) in [5.74, 6) is 1.07. The van der Waals surface area contributed by atoms with E-state index < -0.39 is 5.82 Å². The molecule has 0 atom stereocenters. The van der Waals surface area contributed by atoms with Gasteiger partial charge in [0.25, 0.3) is 5.56 Å². The van der Waals surface area contributed by atoms with Crippen LogP contribution in [0.2, 0.25) is 5.02 Å². The zero-order valence-corrected chi connectivity index (χ0v) is 15.1. The molecule has 8 heteroatoms. The number of fused-ring (bicyclic) bond motifs is 1. The second kappa shape index (κ2) is 6.17. The highest BCUT2D eigenvalue weighted by Crippen LogP contribution is 2.28. The number of halogens is 2. The molecule has 0 aliphatic carbocycles. The molecule has 6 nitrogen and oxygen atoms in total. The fourth-order valence-corrected chi connectivity index (χ4v) is 3.61. The number of anilines is 1. The minimum Gasteiger partial charge on any atom is -0.357 e. The maximum Gasteiger partial charge on any atom is 0.275 e. The van der Waals surface area contributed by atoms with Gasteiger partial charge in [0.1, 0.15) is 24.0 Å². The number of benzene rings is 1. The van der Waals surface area contributed by atoms with Crippen LogP contribution in [-0.4, -0.2) is 34.0 Å². The molecule has 136 valence electrons. The Morgan fingerprint density at radius 1 is 1.31 bits per heavy atom. The van der Waals surface area contributed by atoms with Gasteiger partial charge in [-0.25, -0.2) is 4.39 Å². The minimum absolute atomic E-state index is 0.0334. The third-order valence-electron chi connectivity index (χ3n) is 4.98. The predicted molar refractivity (Wildman–Crippen MR) is 99.6 cm³/mol. The lowest BCUT2D eigenvalue weighted by molar-refractivity contribution is 0.362. The van der Waals surface area contributed by atoms with Gasteiger partial charge in [-0.15, -0.1) is 0 Å². The summed E-state index contributed by atoms with van der Waals surface area (Å²) >= 11 is 5.94. The zero-order chi connectivity index (χ0) is 18.5. The number of nitrogens with two attached hydrogens (primary N) is 1. The van der Waals surface area contributed by atoms with Gasteiger partial charge >= 0.3 is 0 Å². The monoisotopic (exact) mass is 375 g/mol. The van der Waals surface area contributed by atoms with E-state index in [1.165, 1.54) is 12.1 Å². The molecule has 2 aliphatic heterocycles. The summed E-state index contributed by atoms with van der Waals surface area (Å²) < 4.78 is 16.3. The first-order chi connectivity index (χ1) is 12.4. The van der Waals surface area contributed by atoms with Gasteiger partial charge in [-0.05, 0) is 31.9 Å². The summed E-state index contributed by atoms with van der Waals surface area (Å²) in [7, 11) is 0. The van der Waals surface area contributed by atoms with E-state index in [0.29, 0.717) is 36.1 Å². The molecule has 0 saturated carbocycles. The van der Waals surface area contributed by atoms with Crippen molar-refractivity contribution in [1.29, 1.82) is 0 Å². The Labute approximate surface area is 155 Å². The van der Waals surface area contributed by atoms with Crippen molar-refractivity contribution in [3.8, 4) is 0 Å². The van der Waals surface area contributed by atoms with Crippen LogP contribution in [0.15, 0.2) is 34.1 Å². The molecule has 1 aromatic carbocycles. The summed E-state index contributed by atoms with van der Waals surface area (Å²) in [5, 5.41) is 0.0334. The molecule has 2 aliphatic rings.